The lowest BCUT2D eigenvalue weighted by molar-refractivity contribution is 0.619. The van der Waals surface area contributed by atoms with Crippen molar-refractivity contribution in [2.75, 3.05) is 0 Å². The zero-order chi connectivity index (χ0) is 55.7. The molecule has 0 bridgehead atoms. The second-order valence-corrected chi connectivity index (χ2v) is 22.0. The Balaban J connectivity index is 1.22. The monoisotopic (exact) mass is 1080 g/mol. The number of fused-ring (bicyclic) bond motifs is 13. The van der Waals surface area contributed by atoms with Gasteiger partial charge in [-0.1, -0.05) is 218 Å². The van der Waals surface area contributed by atoms with E-state index in [0.717, 1.165) is 155 Å². The maximum Gasteiger partial charge on any atom is 0.231 e. The summed E-state index contributed by atoms with van der Waals surface area (Å²) in [5, 5.41) is 9.06. The van der Waals surface area contributed by atoms with Crippen LogP contribution in [0.3, 0.4) is 0 Å². The third-order valence-corrected chi connectivity index (χ3v) is 17.4. The number of aromatic nitrogens is 6. The number of oxazole rings is 1. The van der Waals surface area contributed by atoms with E-state index in [1.807, 2.05) is 18.2 Å². The molecule has 6 heterocycles. The molecular weight excluding hydrogens is 1040 g/mol. The molecule has 12 aromatic carbocycles. The molecule has 0 atom stereocenters. The summed E-state index contributed by atoms with van der Waals surface area (Å²) in [6.07, 6.45) is 0. The van der Waals surface area contributed by atoms with Crippen LogP contribution in [-0.2, 0) is 0 Å². The van der Waals surface area contributed by atoms with Crippen LogP contribution in [0.1, 0.15) is 0 Å². The normalized spacial score (nSPS) is 12.0. The van der Waals surface area contributed by atoms with Crippen LogP contribution >= 0.6 is 0 Å². The number of hydrogen-bond acceptors (Lipinski definition) is 3. The van der Waals surface area contributed by atoms with Gasteiger partial charge in [-0.25, -0.2) is 9.97 Å². The van der Waals surface area contributed by atoms with Gasteiger partial charge in [0, 0.05) is 59.8 Å². The molecule has 0 aliphatic carbocycles. The van der Waals surface area contributed by atoms with E-state index in [9.17, 15) is 0 Å². The molecule has 0 saturated carbocycles. The minimum atomic E-state index is 0.479. The molecule has 0 amide bonds. The average molecular weight is 1090 g/mol. The van der Waals surface area contributed by atoms with Gasteiger partial charge in [0.2, 0.25) is 5.89 Å². The molecular formula is C78H48N6O. The van der Waals surface area contributed by atoms with Gasteiger partial charge in [0.15, 0.2) is 5.58 Å². The molecule has 0 fully saturated rings. The first-order valence-electron chi connectivity index (χ1n) is 28.9. The zero-order valence-corrected chi connectivity index (χ0v) is 45.8. The van der Waals surface area contributed by atoms with Crippen molar-refractivity contribution in [1.82, 2.24) is 28.2 Å². The number of rotatable bonds is 8. The Labute approximate surface area is 487 Å². The van der Waals surface area contributed by atoms with Crippen molar-refractivity contribution in [3.05, 3.63) is 291 Å². The lowest BCUT2D eigenvalue weighted by atomic mass is 9.91. The van der Waals surface area contributed by atoms with Crippen LogP contribution in [-0.4, -0.2) is 28.2 Å². The summed E-state index contributed by atoms with van der Waals surface area (Å²) in [6, 6.07) is 105. The van der Waals surface area contributed by atoms with E-state index in [1.165, 1.54) is 0 Å². The molecule has 0 N–H and O–H groups in total. The highest BCUT2D eigenvalue weighted by atomic mass is 16.3. The summed E-state index contributed by atoms with van der Waals surface area (Å²) in [6.45, 7) is 0. The molecule has 0 aliphatic rings. The van der Waals surface area contributed by atoms with Crippen molar-refractivity contribution in [2.24, 2.45) is 0 Å². The molecule has 7 nitrogen and oxygen atoms in total. The lowest BCUT2D eigenvalue weighted by Gasteiger charge is -2.30. The Morgan fingerprint density at radius 3 is 0.894 bits per heavy atom. The molecule has 0 saturated heterocycles. The predicted octanol–water partition coefficient (Wildman–Crippen LogP) is 20.3. The molecule has 6 aromatic heterocycles. The number of pyridine rings is 1. The molecule has 0 radical (unpaired) electrons. The van der Waals surface area contributed by atoms with Crippen molar-refractivity contribution in [2.45, 2.75) is 0 Å². The quantitative estimate of drug-likeness (QED) is 0.152. The summed E-state index contributed by atoms with van der Waals surface area (Å²) >= 11 is 0. The molecule has 85 heavy (non-hydrogen) atoms. The Morgan fingerprint density at radius 1 is 0.235 bits per heavy atom. The fourth-order valence-corrected chi connectivity index (χ4v) is 13.9. The van der Waals surface area contributed by atoms with E-state index in [4.69, 9.17) is 14.4 Å². The molecule has 18 rings (SSSR count). The highest BCUT2D eigenvalue weighted by molar-refractivity contribution is 6.18. The zero-order valence-electron chi connectivity index (χ0n) is 45.8. The van der Waals surface area contributed by atoms with Crippen LogP contribution in [0.2, 0.25) is 0 Å². The molecule has 396 valence electrons. The molecule has 0 spiro atoms. The van der Waals surface area contributed by atoms with Crippen molar-refractivity contribution in [3.8, 4) is 67.8 Å². The average Bonchev–Trinajstić information content (AvgIpc) is 1.72. The largest absolute Gasteiger partial charge is 0.436 e. The highest BCUT2D eigenvalue weighted by Crippen LogP contribution is 2.55. The van der Waals surface area contributed by atoms with E-state index in [0.29, 0.717) is 11.5 Å². The van der Waals surface area contributed by atoms with Crippen LogP contribution in [0.5, 0.6) is 0 Å². The van der Waals surface area contributed by atoms with Gasteiger partial charge in [-0.2, -0.15) is 0 Å². The number of nitrogens with zero attached hydrogens (tertiary/aromatic N) is 6. The summed E-state index contributed by atoms with van der Waals surface area (Å²) in [4.78, 5) is 11.3. The van der Waals surface area contributed by atoms with E-state index in [1.54, 1.807) is 0 Å². The summed E-state index contributed by atoms with van der Waals surface area (Å²) in [7, 11) is 0. The van der Waals surface area contributed by atoms with E-state index in [2.05, 4.69) is 291 Å². The SMILES string of the molecule is c1ccc(-c2cc(-c3c(-n4c5ccccc5c5ccccc54)c(-c4nc5ccccc5o4)c(-n4c5ccccc5c5ccccc54)c(-n4c5ccccc5c5ccccc54)c3-n3c4ccccc4c4ccccc43)cc(-c3ccccc3)n2)cc1. The first-order valence-corrected chi connectivity index (χ1v) is 28.9. The maximum absolute atomic E-state index is 7.51. The summed E-state index contributed by atoms with van der Waals surface area (Å²) in [5.41, 5.74) is 19.9. The highest BCUT2D eigenvalue weighted by Gasteiger charge is 2.37. The Morgan fingerprint density at radius 2 is 0.529 bits per heavy atom. The van der Waals surface area contributed by atoms with Gasteiger partial charge in [-0.3, -0.25) is 0 Å². The molecule has 18 aromatic rings. The van der Waals surface area contributed by atoms with Gasteiger partial charge in [-0.05, 0) is 78.4 Å². The third kappa shape index (κ3) is 6.95. The first-order chi connectivity index (χ1) is 42.2. The fourth-order valence-electron chi connectivity index (χ4n) is 13.9. The number of hydrogen-bond donors (Lipinski definition) is 0. The van der Waals surface area contributed by atoms with Gasteiger partial charge in [0.25, 0.3) is 0 Å². The van der Waals surface area contributed by atoms with Crippen molar-refractivity contribution < 1.29 is 4.42 Å². The summed E-state index contributed by atoms with van der Waals surface area (Å²) in [5.74, 6) is 0.479. The smallest absolute Gasteiger partial charge is 0.231 e. The van der Waals surface area contributed by atoms with Gasteiger partial charge in [0.05, 0.1) is 83.8 Å². The maximum atomic E-state index is 7.51. The van der Waals surface area contributed by atoms with Gasteiger partial charge >= 0.3 is 0 Å². The first kappa shape index (κ1) is 47.1. The molecule has 7 heteroatoms. The van der Waals surface area contributed by atoms with E-state index in [-0.39, 0.29) is 0 Å². The predicted molar refractivity (Wildman–Crippen MR) is 351 cm³/mol. The van der Waals surface area contributed by atoms with Crippen LogP contribution in [0, 0.1) is 0 Å². The van der Waals surface area contributed by atoms with Crippen LogP contribution in [0.25, 0.3) is 166 Å². The van der Waals surface area contributed by atoms with Crippen LogP contribution in [0.4, 0.5) is 0 Å². The van der Waals surface area contributed by atoms with Crippen molar-refractivity contribution >= 4 is 98.3 Å². The molecule has 0 aliphatic heterocycles. The minimum absolute atomic E-state index is 0.479. The van der Waals surface area contributed by atoms with Gasteiger partial charge in [0.1, 0.15) is 5.52 Å². The summed E-state index contributed by atoms with van der Waals surface area (Å²) < 4.78 is 17.7. The number of benzene rings is 12. The Kier molecular flexibility index (Phi) is 10.3. The Hall–Kier alpha value is -11.5. The van der Waals surface area contributed by atoms with Crippen molar-refractivity contribution in [1.29, 1.82) is 0 Å². The minimum Gasteiger partial charge on any atom is -0.436 e. The van der Waals surface area contributed by atoms with Gasteiger partial charge in [-0.15, -0.1) is 0 Å². The van der Waals surface area contributed by atoms with E-state index < -0.39 is 0 Å². The lowest BCUT2D eigenvalue weighted by Crippen LogP contribution is -2.16. The Bertz CT molecular complexity index is 5430. The van der Waals surface area contributed by atoms with Gasteiger partial charge < -0.3 is 22.7 Å². The topological polar surface area (TPSA) is 58.6 Å². The second kappa shape index (κ2) is 18.5. The molecule has 0 unspecified atom stereocenters. The third-order valence-electron chi connectivity index (χ3n) is 17.4. The second-order valence-electron chi connectivity index (χ2n) is 22.0. The van der Waals surface area contributed by atoms with Crippen LogP contribution < -0.4 is 0 Å². The van der Waals surface area contributed by atoms with Crippen LogP contribution in [0.15, 0.2) is 296 Å². The standard InChI is InChI=1S/C78H48N6O/c1-3-25-49(26-4-1)61-47-51(48-62(79-61)50-27-5-2-6-28-50)72-74(81-63-38-16-7-29-52(63)53-30-8-17-39-64(53)81)73(78-80-60-37-15-24-46-71(60)85-78)76(83-67-42-20-11-33-56(67)57-34-12-21-43-68(57)83)77(84-69-44-22-13-35-58(69)59-36-14-23-45-70(59)84)75(72)82-65-40-18-9-31-54(65)55-32-10-19-41-66(55)82/h1-48H. The van der Waals surface area contributed by atoms with Crippen molar-refractivity contribution in [3.63, 3.8) is 0 Å². The number of para-hydroxylation sites is 10. The fraction of sp³-hybridized carbons (Fsp3) is 0. The van der Waals surface area contributed by atoms with E-state index >= 15 is 0 Å².